The van der Waals surface area contributed by atoms with Gasteiger partial charge < -0.3 is 20.6 Å². The lowest BCUT2D eigenvalue weighted by molar-refractivity contribution is -0.129. The number of nitrogens with one attached hydrogen (secondary N) is 2. The quantitative estimate of drug-likeness (QED) is 0.572. The smallest absolute Gasteiger partial charge is 0.251 e. The summed E-state index contributed by atoms with van der Waals surface area (Å²) in [6.07, 6.45) is 3.72. The van der Waals surface area contributed by atoms with Crippen LogP contribution in [0.4, 0.5) is 5.82 Å². The van der Waals surface area contributed by atoms with Crippen molar-refractivity contribution >= 4 is 29.0 Å². The predicted octanol–water partition coefficient (Wildman–Crippen LogP) is 2.02. The number of aromatic nitrogens is 1. The zero-order chi connectivity index (χ0) is 23.4. The second-order valence-electron chi connectivity index (χ2n) is 9.02. The number of hydrogen-bond acceptors (Lipinski definition) is 7. The van der Waals surface area contributed by atoms with Crippen LogP contribution in [0.2, 0.25) is 0 Å². The molecule has 0 radical (unpaired) electrons. The van der Waals surface area contributed by atoms with Gasteiger partial charge in [0.2, 0.25) is 5.91 Å². The average molecular weight is 472 g/mol. The van der Waals surface area contributed by atoms with Gasteiger partial charge in [0.15, 0.2) is 0 Å². The number of carbonyl (C=O) groups excluding carboxylic acids is 2. The summed E-state index contributed by atoms with van der Waals surface area (Å²) in [7, 11) is 0. The molecule has 4 heterocycles. The van der Waals surface area contributed by atoms with E-state index in [4.69, 9.17) is 0 Å². The van der Waals surface area contributed by atoms with Crippen LogP contribution in [0.1, 0.15) is 46.1 Å². The van der Waals surface area contributed by atoms with Gasteiger partial charge >= 0.3 is 0 Å². The summed E-state index contributed by atoms with van der Waals surface area (Å²) in [6.45, 7) is 7.74. The summed E-state index contributed by atoms with van der Waals surface area (Å²) in [4.78, 5) is 34.0. The Kier molecular flexibility index (Phi) is 7.62. The number of aliphatic hydroxyl groups is 1. The molecular weight excluding hydrogens is 438 g/mol. The van der Waals surface area contributed by atoms with Gasteiger partial charge in [-0.25, -0.2) is 4.98 Å². The maximum atomic E-state index is 12.6. The lowest BCUT2D eigenvalue weighted by Gasteiger charge is -2.32. The number of thiophene rings is 1. The number of pyridine rings is 1. The number of likely N-dealkylation sites (tertiary alicyclic amines) is 1. The zero-order valence-electron chi connectivity index (χ0n) is 19.3. The van der Waals surface area contributed by atoms with Crippen molar-refractivity contribution in [1.29, 1.82) is 0 Å². The highest BCUT2D eigenvalue weighted by Crippen LogP contribution is 2.28. The standard InChI is InChI=1S/C24H33N5O3S/c1-16-15-33-22-6-8-28(14-21(16)22)13-20(31)12-26-24(32)18-3-7-25-23(11-18)27-19-4-9-29(10-5-19)17(2)30/h3,7,11,15,19-20,31H,4-6,8-10,12-14H2,1-2H3,(H,25,27)(H,26,32). The molecule has 1 saturated heterocycles. The van der Waals surface area contributed by atoms with Crippen LogP contribution in [0.25, 0.3) is 0 Å². The van der Waals surface area contributed by atoms with Gasteiger partial charge in [-0.1, -0.05) is 0 Å². The number of anilines is 1. The van der Waals surface area contributed by atoms with Crippen molar-refractivity contribution in [3.05, 3.63) is 45.3 Å². The molecule has 1 unspecified atom stereocenters. The van der Waals surface area contributed by atoms with Crippen molar-refractivity contribution in [2.75, 3.05) is 38.0 Å². The Bertz CT molecular complexity index is 986. The fourth-order valence-electron chi connectivity index (χ4n) is 4.54. The van der Waals surface area contributed by atoms with E-state index in [1.54, 1.807) is 25.3 Å². The van der Waals surface area contributed by atoms with Gasteiger partial charge in [0.1, 0.15) is 5.82 Å². The maximum absolute atomic E-state index is 12.6. The average Bonchev–Trinajstić information content (AvgIpc) is 3.18. The van der Waals surface area contributed by atoms with Gasteiger partial charge in [0.05, 0.1) is 6.10 Å². The molecule has 2 aliphatic rings. The molecule has 4 rings (SSSR count). The molecule has 9 heteroatoms. The Morgan fingerprint density at radius 1 is 1.30 bits per heavy atom. The van der Waals surface area contributed by atoms with Crippen LogP contribution in [0.3, 0.4) is 0 Å². The number of aliphatic hydroxyl groups excluding tert-OH is 1. The van der Waals surface area contributed by atoms with E-state index >= 15 is 0 Å². The van der Waals surface area contributed by atoms with E-state index in [2.05, 4.69) is 32.8 Å². The highest BCUT2D eigenvalue weighted by molar-refractivity contribution is 7.10. The summed E-state index contributed by atoms with van der Waals surface area (Å²) in [5, 5.41) is 18.9. The van der Waals surface area contributed by atoms with Crippen LogP contribution in [-0.2, 0) is 17.8 Å². The number of nitrogens with zero attached hydrogens (tertiary/aromatic N) is 3. The lowest BCUT2D eigenvalue weighted by atomic mass is 10.0. The summed E-state index contributed by atoms with van der Waals surface area (Å²) in [5.74, 6) is 0.541. The molecule has 8 nitrogen and oxygen atoms in total. The SMILES string of the molecule is CC(=O)N1CCC(Nc2cc(C(=O)NCC(O)CN3CCc4scc(C)c4C3)ccn2)CC1. The molecule has 0 saturated carbocycles. The van der Waals surface area contributed by atoms with E-state index in [9.17, 15) is 14.7 Å². The molecule has 0 aliphatic carbocycles. The number of rotatable bonds is 7. The van der Waals surface area contributed by atoms with Crippen LogP contribution in [-0.4, -0.2) is 76.6 Å². The largest absolute Gasteiger partial charge is 0.390 e. The number of amides is 2. The first-order valence-electron chi connectivity index (χ1n) is 11.6. The van der Waals surface area contributed by atoms with Gasteiger partial charge in [-0.3, -0.25) is 14.5 Å². The third kappa shape index (κ3) is 6.10. The van der Waals surface area contributed by atoms with Crippen molar-refractivity contribution in [2.24, 2.45) is 0 Å². The Balaban J connectivity index is 1.23. The van der Waals surface area contributed by atoms with Crippen molar-refractivity contribution in [3.8, 4) is 0 Å². The molecule has 2 aromatic rings. The number of hydrogen-bond donors (Lipinski definition) is 3. The molecule has 0 spiro atoms. The number of piperidine rings is 1. The molecule has 33 heavy (non-hydrogen) atoms. The first kappa shape index (κ1) is 23.7. The van der Waals surface area contributed by atoms with Crippen LogP contribution in [0.5, 0.6) is 0 Å². The molecule has 1 fully saturated rings. The fraction of sp³-hybridized carbons (Fsp3) is 0.542. The van der Waals surface area contributed by atoms with E-state index in [0.717, 1.165) is 45.4 Å². The first-order chi connectivity index (χ1) is 15.9. The van der Waals surface area contributed by atoms with E-state index in [1.165, 1.54) is 16.0 Å². The maximum Gasteiger partial charge on any atom is 0.251 e. The summed E-state index contributed by atoms with van der Waals surface area (Å²) < 4.78 is 0. The van der Waals surface area contributed by atoms with Crippen molar-refractivity contribution in [3.63, 3.8) is 0 Å². The van der Waals surface area contributed by atoms with Gasteiger partial charge in [0.25, 0.3) is 5.91 Å². The second-order valence-corrected chi connectivity index (χ2v) is 9.99. The second kappa shape index (κ2) is 10.6. The minimum absolute atomic E-state index is 0.110. The van der Waals surface area contributed by atoms with Crippen LogP contribution >= 0.6 is 11.3 Å². The van der Waals surface area contributed by atoms with Gasteiger partial charge in [-0.15, -0.1) is 11.3 Å². The third-order valence-corrected chi connectivity index (χ3v) is 7.72. The molecule has 2 amide bonds. The molecule has 178 valence electrons. The highest BCUT2D eigenvalue weighted by atomic mass is 32.1. The predicted molar refractivity (Wildman–Crippen MR) is 130 cm³/mol. The Labute approximate surface area is 199 Å². The van der Waals surface area contributed by atoms with Crippen molar-refractivity contribution < 1.29 is 14.7 Å². The monoisotopic (exact) mass is 471 g/mol. The minimum Gasteiger partial charge on any atom is -0.390 e. The van der Waals surface area contributed by atoms with Gasteiger partial charge in [0, 0.05) is 68.9 Å². The highest BCUT2D eigenvalue weighted by Gasteiger charge is 2.23. The topological polar surface area (TPSA) is 97.8 Å². The molecule has 2 aliphatic heterocycles. The van der Waals surface area contributed by atoms with E-state index in [0.29, 0.717) is 17.9 Å². The van der Waals surface area contributed by atoms with E-state index in [1.807, 2.05) is 16.2 Å². The number of β-amino-alcohol motifs (C(OH)–C–C–N with tert-alkyl or cyclic N) is 1. The van der Waals surface area contributed by atoms with E-state index in [-0.39, 0.29) is 24.4 Å². The number of aryl methyl sites for hydroxylation is 1. The van der Waals surface area contributed by atoms with Crippen LogP contribution in [0, 0.1) is 6.92 Å². The first-order valence-corrected chi connectivity index (χ1v) is 12.5. The molecule has 2 aromatic heterocycles. The third-order valence-electron chi connectivity index (χ3n) is 6.51. The van der Waals surface area contributed by atoms with Gasteiger partial charge in [-0.2, -0.15) is 0 Å². The summed E-state index contributed by atoms with van der Waals surface area (Å²) in [6, 6.07) is 3.64. The summed E-state index contributed by atoms with van der Waals surface area (Å²) in [5.41, 5.74) is 3.23. The van der Waals surface area contributed by atoms with E-state index < -0.39 is 6.10 Å². The molecule has 0 bridgehead atoms. The number of carbonyl (C=O) groups is 2. The normalized spacial score (nSPS) is 18.0. The Morgan fingerprint density at radius 2 is 2.09 bits per heavy atom. The molecule has 0 aromatic carbocycles. The lowest BCUT2D eigenvalue weighted by Crippen LogP contribution is -2.42. The summed E-state index contributed by atoms with van der Waals surface area (Å²) >= 11 is 1.83. The van der Waals surface area contributed by atoms with Crippen molar-refractivity contribution in [2.45, 2.75) is 51.8 Å². The van der Waals surface area contributed by atoms with Crippen LogP contribution < -0.4 is 10.6 Å². The minimum atomic E-state index is -0.625. The molecule has 3 N–H and O–H groups in total. The Morgan fingerprint density at radius 3 is 2.85 bits per heavy atom. The fourth-order valence-corrected chi connectivity index (χ4v) is 5.57. The van der Waals surface area contributed by atoms with Crippen molar-refractivity contribution in [1.82, 2.24) is 20.1 Å². The van der Waals surface area contributed by atoms with Crippen LogP contribution in [0.15, 0.2) is 23.7 Å². The zero-order valence-corrected chi connectivity index (χ0v) is 20.2. The molecular formula is C24H33N5O3S. The number of fused-ring (bicyclic) bond motifs is 1. The molecule has 1 atom stereocenters. The Hall–Kier alpha value is -2.49. The van der Waals surface area contributed by atoms with Gasteiger partial charge in [-0.05, 0) is 54.8 Å².